The third-order valence-corrected chi connectivity index (χ3v) is 3.73. The maximum absolute atomic E-state index is 11.1. The van der Waals surface area contributed by atoms with E-state index < -0.39 is 0 Å². The van der Waals surface area contributed by atoms with Crippen molar-refractivity contribution in [3.05, 3.63) is 48.6 Å². The summed E-state index contributed by atoms with van der Waals surface area (Å²) in [7, 11) is 4.46. The first kappa shape index (κ1) is 15.4. The third kappa shape index (κ3) is 4.87. The summed E-state index contributed by atoms with van der Waals surface area (Å²) in [6, 6.07) is 11.0. The first-order valence-corrected chi connectivity index (χ1v) is 6.75. The highest BCUT2D eigenvalue weighted by atomic mass is 16.1. The van der Waals surface area contributed by atoms with Crippen molar-refractivity contribution in [2.45, 2.75) is 19.4 Å². The Labute approximate surface area is 116 Å². The molecular formula is C16H25N2O+. The molecule has 0 saturated carbocycles. The van der Waals surface area contributed by atoms with E-state index in [0.717, 1.165) is 17.4 Å². The normalized spacial score (nSPS) is 12.8. The first-order chi connectivity index (χ1) is 8.97. The largest absolute Gasteiger partial charge is 0.352 e. The lowest BCUT2D eigenvalue weighted by molar-refractivity contribution is -0.919. The van der Waals surface area contributed by atoms with Gasteiger partial charge in [0.05, 0.1) is 20.6 Å². The van der Waals surface area contributed by atoms with E-state index in [1.807, 2.05) is 6.07 Å². The molecule has 0 heterocycles. The van der Waals surface area contributed by atoms with Crippen LogP contribution in [0.1, 0.15) is 24.9 Å². The van der Waals surface area contributed by atoms with Gasteiger partial charge in [0.25, 0.3) is 0 Å². The molecule has 104 valence electrons. The van der Waals surface area contributed by atoms with Crippen molar-refractivity contribution >= 4 is 5.91 Å². The van der Waals surface area contributed by atoms with E-state index in [2.05, 4.69) is 57.2 Å². The number of carbonyl (C=O) groups is 1. The SMILES string of the molecule is C=CC(=O)NCCC[N+](C)(C)C(C)c1ccccc1. The van der Waals surface area contributed by atoms with E-state index in [1.165, 1.54) is 11.6 Å². The molecule has 1 aromatic rings. The molecule has 0 spiro atoms. The summed E-state index contributed by atoms with van der Waals surface area (Å²) in [5, 5.41) is 2.82. The minimum Gasteiger partial charge on any atom is -0.352 e. The van der Waals surface area contributed by atoms with Gasteiger partial charge in [-0.2, -0.15) is 0 Å². The highest BCUT2D eigenvalue weighted by Crippen LogP contribution is 2.24. The summed E-state index contributed by atoms with van der Waals surface area (Å²) in [5.74, 6) is -0.0959. The summed E-state index contributed by atoms with van der Waals surface area (Å²) < 4.78 is 0.911. The van der Waals surface area contributed by atoms with Gasteiger partial charge >= 0.3 is 0 Å². The highest BCUT2D eigenvalue weighted by Gasteiger charge is 2.24. The molecule has 1 amide bonds. The number of quaternary nitrogens is 1. The van der Waals surface area contributed by atoms with Crippen molar-refractivity contribution in [1.82, 2.24) is 5.32 Å². The maximum atomic E-state index is 11.1. The number of hydrogen-bond acceptors (Lipinski definition) is 1. The Morgan fingerprint density at radius 3 is 2.58 bits per heavy atom. The van der Waals surface area contributed by atoms with Crippen LogP contribution in [0.25, 0.3) is 0 Å². The molecule has 1 rings (SSSR count). The maximum Gasteiger partial charge on any atom is 0.243 e. The van der Waals surface area contributed by atoms with Crippen molar-refractivity contribution in [2.75, 3.05) is 27.2 Å². The van der Waals surface area contributed by atoms with Gasteiger partial charge in [-0.1, -0.05) is 36.9 Å². The molecular weight excluding hydrogens is 236 g/mol. The molecule has 0 radical (unpaired) electrons. The van der Waals surface area contributed by atoms with E-state index in [4.69, 9.17) is 0 Å². The van der Waals surface area contributed by atoms with Crippen LogP contribution >= 0.6 is 0 Å². The fraction of sp³-hybridized carbons (Fsp3) is 0.438. The van der Waals surface area contributed by atoms with Crippen LogP contribution in [0, 0.1) is 0 Å². The van der Waals surface area contributed by atoms with E-state index in [0.29, 0.717) is 12.6 Å². The molecule has 19 heavy (non-hydrogen) atoms. The fourth-order valence-corrected chi connectivity index (χ4v) is 2.10. The lowest BCUT2D eigenvalue weighted by Gasteiger charge is -2.36. The number of carbonyl (C=O) groups excluding carboxylic acids is 1. The van der Waals surface area contributed by atoms with Crippen molar-refractivity contribution in [3.63, 3.8) is 0 Å². The van der Waals surface area contributed by atoms with Crippen LogP contribution in [-0.4, -0.2) is 37.6 Å². The van der Waals surface area contributed by atoms with E-state index >= 15 is 0 Å². The minimum absolute atomic E-state index is 0.0959. The third-order valence-electron chi connectivity index (χ3n) is 3.73. The molecule has 0 aromatic heterocycles. The lowest BCUT2D eigenvalue weighted by atomic mass is 10.1. The summed E-state index contributed by atoms with van der Waals surface area (Å²) in [6.45, 7) is 7.41. The second-order valence-electron chi connectivity index (χ2n) is 5.44. The number of rotatable bonds is 7. The van der Waals surface area contributed by atoms with Crippen LogP contribution in [0.15, 0.2) is 43.0 Å². The van der Waals surface area contributed by atoms with Gasteiger partial charge in [-0.05, 0) is 13.0 Å². The average Bonchev–Trinajstić information content (AvgIpc) is 2.43. The standard InChI is InChI=1S/C16H24N2O/c1-5-16(19)17-12-9-13-18(3,4)14(2)15-10-7-6-8-11-15/h5-8,10-11,14H,1,9,12-13H2,2-4H3/p+1. The Morgan fingerprint density at radius 1 is 1.37 bits per heavy atom. The number of benzene rings is 1. The minimum atomic E-state index is -0.0959. The van der Waals surface area contributed by atoms with Gasteiger partial charge in [-0.3, -0.25) is 4.79 Å². The molecule has 1 atom stereocenters. The molecule has 1 aromatic carbocycles. The molecule has 1 N–H and O–H groups in total. The number of amides is 1. The molecule has 0 fully saturated rings. The second kappa shape index (κ2) is 7.10. The topological polar surface area (TPSA) is 29.1 Å². The van der Waals surface area contributed by atoms with Gasteiger partial charge in [0.1, 0.15) is 6.04 Å². The number of nitrogens with one attached hydrogen (secondary N) is 1. The summed E-state index contributed by atoms with van der Waals surface area (Å²) in [5.41, 5.74) is 1.35. The zero-order valence-corrected chi connectivity index (χ0v) is 12.2. The second-order valence-corrected chi connectivity index (χ2v) is 5.44. The van der Waals surface area contributed by atoms with Gasteiger partial charge in [0.15, 0.2) is 0 Å². The monoisotopic (exact) mass is 261 g/mol. The van der Waals surface area contributed by atoms with Crippen LogP contribution in [0.4, 0.5) is 0 Å². The zero-order valence-electron chi connectivity index (χ0n) is 12.2. The quantitative estimate of drug-likeness (QED) is 0.456. The van der Waals surface area contributed by atoms with E-state index in [9.17, 15) is 4.79 Å². The first-order valence-electron chi connectivity index (χ1n) is 6.75. The summed E-state index contributed by atoms with van der Waals surface area (Å²) in [6.07, 6.45) is 2.27. The lowest BCUT2D eigenvalue weighted by Crippen LogP contribution is -2.43. The van der Waals surface area contributed by atoms with Gasteiger partial charge in [-0.15, -0.1) is 0 Å². The van der Waals surface area contributed by atoms with Crippen molar-refractivity contribution in [2.24, 2.45) is 0 Å². The van der Waals surface area contributed by atoms with Gasteiger partial charge in [-0.25, -0.2) is 0 Å². The molecule has 1 unspecified atom stereocenters. The highest BCUT2D eigenvalue weighted by molar-refractivity contribution is 5.86. The van der Waals surface area contributed by atoms with Gasteiger partial charge in [0, 0.05) is 18.5 Å². The Kier molecular flexibility index (Phi) is 5.77. The Hall–Kier alpha value is -1.61. The molecule has 0 aliphatic rings. The van der Waals surface area contributed by atoms with Crippen molar-refractivity contribution < 1.29 is 9.28 Å². The molecule has 0 bridgehead atoms. The molecule has 0 saturated heterocycles. The fourth-order valence-electron chi connectivity index (χ4n) is 2.10. The summed E-state index contributed by atoms with van der Waals surface area (Å²) in [4.78, 5) is 11.1. The number of hydrogen-bond donors (Lipinski definition) is 1. The van der Waals surface area contributed by atoms with Crippen LogP contribution < -0.4 is 5.32 Å². The molecule has 0 aliphatic carbocycles. The predicted molar refractivity (Wildman–Crippen MR) is 79.7 cm³/mol. The van der Waals surface area contributed by atoms with E-state index in [-0.39, 0.29) is 5.91 Å². The van der Waals surface area contributed by atoms with Crippen LogP contribution in [-0.2, 0) is 4.79 Å². The predicted octanol–water partition coefficient (Wildman–Crippen LogP) is 2.52. The Bertz CT molecular complexity index is 412. The average molecular weight is 261 g/mol. The van der Waals surface area contributed by atoms with Gasteiger partial charge in [0.2, 0.25) is 5.91 Å². The van der Waals surface area contributed by atoms with Crippen molar-refractivity contribution in [1.29, 1.82) is 0 Å². The van der Waals surface area contributed by atoms with Crippen LogP contribution in [0.5, 0.6) is 0 Å². The smallest absolute Gasteiger partial charge is 0.243 e. The zero-order chi connectivity index (χ0) is 14.3. The molecule has 3 nitrogen and oxygen atoms in total. The van der Waals surface area contributed by atoms with Crippen LogP contribution in [0.2, 0.25) is 0 Å². The summed E-state index contributed by atoms with van der Waals surface area (Å²) >= 11 is 0. The van der Waals surface area contributed by atoms with Crippen molar-refractivity contribution in [3.8, 4) is 0 Å². The Balaban J connectivity index is 2.47. The van der Waals surface area contributed by atoms with Gasteiger partial charge < -0.3 is 9.80 Å². The molecule has 0 aliphatic heterocycles. The Morgan fingerprint density at radius 2 is 2.00 bits per heavy atom. The van der Waals surface area contributed by atoms with E-state index in [1.54, 1.807) is 0 Å². The number of nitrogens with zero attached hydrogens (tertiary/aromatic N) is 1. The van der Waals surface area contributed by atoms with Crippen LogP contribution in [0.3, 0.4) is 0 Å². The molecule has 3 heteroatoms.